The summed E-state index contributed by atoms with van der Waals surface area (Å²) >= 11 is 0. The Bertz CT molecular complexity index is 2130. The Morgan fingerprint density at radius 1 is 0.500 bits per heavy atom. The molecule has 0 amide bonds. The molecule has 0 bridgehead atoms. The van der Waals surface area contributed by atoms with Crippen molar-refractivity contribution in [1.29, 1.82) is 0 Å². The van der Waals surface area contributed by atoms with E-state index in [-0.39, 0.29) is 0 Å². The quantitative estimate of drug-likeness (QED) is 0.172. The highest BCUT2D eigenvalue weighted by atomic mass is 16.5. The van der Waals surface area contributed by atoms with Gasteiger partial charge in [0.05, 0.1) is 33.5 Å². The predicted molar refractivity (Wildman–Crippen MR) is 162 cm³/mol. The SMILES string of the molecule is COc1ccc(-c2cc3cc4c(c5c6cc(-c7ccccc7)cc7cc8c(c(c(c2)c35)c76)COC8)COC4)cc1. The third-order valence-electron chi connectivity index (χ3n) is 8.95. The summed E-state index contributed by atoms with van der Waals surface area (Å²) in [4.78, 5) is 0. The van der Waals surface area contributed by atoms with Gasteiger partial charge in [0, 0.05) is 0 Å². The van der Waals surface area contributed by atoms with Gasteiger partial charge in [0.1, 0.15) is 5.75 Å². The monoisotopic (exact) mass is 518 g/mol. The van der Waals surface area contributed by atoms with Gasteiger partial charge in [0.25, 0.3) is 0 Å². The first-order chi connectivity index (χ1) is 19.8. The number of methoxy groups -OCH3 is 1. The van der Waals surface area contributed by atoms with Gasteiger partial charge in [0.15, 0.2) is 0 Å². The standard InChI is InChI=1S/C37H26O3/c1-38-29-9-7-22(8-10-29)24-12-26-14-28-18-40-19-32(28)36-30-15-23(21-5-3-2-4-6-21)11-25-13-27-17-39-20-33(27)37(34(25)30)31(16-24)35(26)36/h2-16H,17-20H2,1H3. The van der Waals surface area contributed by atoms with E-state index in [2.05, 4.69) is 78.9 Å². The summed E-state index contributed by atoms with van der Waals surface area (Å²) in [7, 11) is 1.71. The molecular formula is C37H26O3. The third kappa shape index (κ3) is 3.08. The van der Waals surface area contributed by atoms with E-state index in [0.29, 0.717) is 26.4 Å². The molecule has 0 fully saturated rings. The lowest BCUT2D eigenvalue weighted by Crippen LogP contribution is -1.97. The molecule has 2 heterocycles. The highest BCUT2D eigenvalue weighted by Gasteiger charge is 2.26. The molecule has 0 spiro atoms. The van der Waals surface area contributed by atoms with E-state index in [9.17, 15) is 0 Å². The second kappa shape index (κ2) is 8.28. The molecule has 3 nitrogen and oxygen atoms in total. The van der Waals surface area contributed by atoms with Crippen LogP contribution in [0.15, 0.2) is 91.0 Å². The van der Waals surface area contributed by atoms with Crippen LogP contribution in [0, 0.1) is 0 Å². The molecule has 192 valence electrons. The predicted octanol–water partition coefficient (Wildman–Crippen LogP) is 9.14. The fraction of sp³-hybridized carbons (Fsp3) is 0.135. The molecule has 7 aromatic carbocycles. The Hall–Kier alpha value is -4.44. The lowest BCUT2D eigenvalue weighted by molar-refractivity contribution is 0.135. The zero-order valence-electron chi connectivity index (χ0n) is 22.2. The van der Waals surface area contributed by atoms with Crippen LogP contribution in [0.3, 0.4) is 0 Å². The van der Waals surface area contributed by atoms with E-state index in [4.69, 9.17) is 14.2 Å². The summed E-state index contributed by atoms with van der Waals surface area (Å²) in [6.45, 7) is 2.63. The zero-order chi connectivity index (χ0) is 26.4. The summed E-state index contributed by atoms with van der Waals surface area (Å²) < 4.78 is 17.6. The molecule has 40 heavy (non-hydrogen) atoms. The van der Waals surface area contributed by atoms with E-state index in [1.54, 1.807) is 7.11 Å². The molecular weight excluding hydrogens is 492 g/mol. The maximum absolute atomic E-state index is 6.07. The molecule has 3 heteroatoms. The molecule has 0 radical (unpaired) electrons. The first-order valence-electron chi connectivity index (χ1n) is 13.9. The van der Waals surface area contributed by atoms with E-state index in [0.717, 1.165) is 5.75 Å². The van der Waals surface area contributed by atoms with Gasteiger partial charge < -0.3 is 14.2 Å². The molecule has 0 aliphatic carbocycles. The molecule has 0 saturated carbocycles. The third-order valence-corrected chi connectivity index (χ3v) is 8.95. The van der Waals surface area contributed by atoms with Gasteiger partial charge >= 0.3 is 0 Å². The Morgan fingerprint density at radius 3 is 1.55 bits per heavy atom. The van der Waals surface area contributed by atoms with Gasteiger partial charge in [-0.15, -0.1) is 0 Å². The normalized spacial score (nSPS) is 14.5. The van der Waals surface area contributed by atoms with Crippen molar-refractivity contribution in [1.82, 2.24) is 0 Å². The van der Waals surface area contributed by atoms with Crippen LogP contribution in [-0.4, -0.2) is 7.11 Å². The molecule has 0 N–H and O–H groups in total. The van der Waals surface area contributed by atoms with Crippen LogP contribution in [0.2, 0.25) is 0 Å². The molecule has 0 unspecified atom stereocenters. The lowest BCUT2D eigenvalue weighted by atomic mass is 9.82. The minimum Gasteiger partial charge on any atom is -0.497 e. The van der Waals surface area contributed by atoms with Gasteiger partial charge in [-0.1, -0.05) is 42.5 Å². The largest absolute Gasteiger partial charge is 0.497 e. The molecule has 0 saturated heterocycles. The van der Waals surface area contributed by atoms with E-state index in [1.807, 2.05) is 12.1 Å². The van der Waals surface area contributed by atoms with Crippen LogP contribution in [0.25, 0.3) is 65.3 Å². The fourth-order valence-corrected chi connectivity index (χ4v) is 7.14. The van der Waals surface area contributed by atoms with Gasteiger partial charge in [-0.3, -0.25) is 0 Å². The summed E-state index contributed by atoms with van der Waals surface area (Å²) in [6.07, 6.45) is 0. The number of ether oxygens (including phenoxy) is 3. The van der Waals surface area contributed by atoms with Crippen molar-refractivity contribution < 1.29 is 14.2 Å². The summed E-state index contributed by atoms with van der Waals surface area (Å²) in [5.74, 6) is 0.867. The lowest BCUT2D eigenvalue weighted by Gasteiger charge is -2.21. The van der Waals surface area contributed by atoms with Crippen molar-refractivity contribution in [3.05, 3.63) is 113 Å². The number of hydrogen-bond donors (Lipinski definition) is 0. The Labute approximate surface area is 231 Å². The van der Waals surface area contributed by atoms with Gasteiger partial charge in [0.2, 0.25) is 0 Å². The van der Waals surface area contributed by atoms with Crippen LogP contribution in [0.1, 0.15) is 22.3 Å². The van der Waals surface area contributed by atoms with E-state index in [1.165, 1.54) is 87.6 Å². The smallest absolute Gasteiger partial charge is 0.118 e. The highest BCUT2D eigenvalue weighted by Crippen LogP contribution is 2.49. The number of hydrogen-bond acceptors (Lipinski definition) is 3. The van der Waals surface area contributed by atoms with Gasteiger partial charge in [-0.05, 0) is 136 Å². The maximum Gasteiger partial charge on any atom is 0.118 e. The number of benzene rings is 7. The fourth-order valence-electron chi connectivity index (χ4n) is 7.14. The first kappa shape index (κ1) is 22.4. The second-order valence-corrected chi connectivity index (χ2v) is 11.1. The van der Waals surface area contributed by atoms with Crippen LogP contribution in [-0.2, 0) is 35.9 Å². The summed E-state index contributed by atoms with van der Waals surface area (Å²) in [5.41, 5.74) is 10.1. The summed E-state index contributed by atoms with van der Waals surface area (Å²) in [5, 5.41) is 10.5. The van der Waals surface area contributed by atoms with Crippen molar-refractivity contribution in [3.8, 4) is 28.0 Å². The van der Waals surface area contributed by atoms with Crippen LogP contribution in [0.5, 0.6) is 5.75 Å². The van der Waals surface area contributed by atoms with Crippen molar-refractivity contribution in [2.75, 3.05) is 7.11 Å². The summed E-state index contributed by atoms with van der Waals surface area (Å²) in [6, 6.07) is 33.4. The minimum atomic E-state index is 0.651. The highest BCUT2D eigenvalue weighted by molar-refractivity contribution is 6.35. The minimum absolute atomic E-state index is 0.651. The van der Waals surface area contributed by atoms with Gasteiger partial charge in [-0.25, -0.2) is 0 Å². The Morgan fingerprint density at radius 2 is 1.02 bits per heavy atom. The maximum atomic E-state index is 6.07. The van der Waals surface area contributed by atoms with E-state index < -0.39 is 0 Å². The van der Waals surface area contributed by atoms with Gasteiger partial charge in [-0.2, -0.15) is 0 Å². The van der Waals surface area contributed by atoms with Crippen molar-refractivity contribution in [2.45, 2.75) is 26.4 Å². The van der Waals surface area contributed by atoms with Crippen LogP contribution >= 0.6 is 0 Å². The molecule has 9 rings (SSSR count). The average molecular weight is 519 g/mol. The Kier molecular flexibility index (Phi) is 4.63. The molecule has 2 aliphatic rings. The van der Waals surface area contributed by atoms with Crippen LogP contribution < -0.4 is 4.74 Å². The van der Waals surface area contributed by atoms with Crippen molar-refractivity contribution in [2.24, 2.45) is 0 Å². The number of fused-ring (bicyclic) bond motifs is 6. The van der Waals surface area contributed by atoms with Crippen molar-refractivity contribution >= 4 is 43.1 Å². The molecule has 7 aromatic rings. The van der Waals surface area contributed by atoms with Crippen molar-refractivity contribution in [3.63, 3.8) is 0 Å². The molecule has 0 atom stereocenters. The second-order valence-electron chi connectivity index (χ2n) is 11.1. The Balaban J connectivity index is 1.49. The number of rotatable bonds is 3. The zero-order valence-corrected chi connectivity index (χ0v) is 22.2. The molecule has 0 aromatic heterocycles. The van der Waals surface area contributed by atoms with Crippen LogP contribution in [0.4, 0.5) is 0 Å². The van der Waals surface area contributed by atoms with E-state index >= 15 is 0 Å². The topological polar surface area (TPSA) is 27.7 Å². The molecule has 2 aliphatic heterocycles. The average Bonchev–Trinajstić information content (AvgIpc) is 3.68. The first-order valence-corrected chi connectivity index (χ1v) is 13.9.